The maximum absolute atomic E-state index is 13.1. The van der Waals surface area contributed by atoms with Crippen LogP contribution in [-0.4, -0.2) is 47.2 Å². The number of urea groups is 1. The Morgan fingerprint density at radius 3 is 2.29 bits per heavy atom. The second kappa shape index (κ2) is 7.26. The average Bonchev–Trinajstić information content (AvgIpc) is 2.76. The van der Waals surface area contributed by atoms with E-state index < -0.39 is 40.6 Å². The first kappa shape index (κ1) is 21.4. The molecule has 8 heteroatoms. The Morgan fingerprint density at radius 1 is 1.21 bits per heavy atom. The lowest BCUT2D eigenvalue weighted by Crippen LogP contribution is -2.55. The van der Waals surface area contributed by atoms with Gasteiger partial charge < -0.3 is 15.4 Å². The molecule has 28 heavy (non-hydrogen) atoms. The van der Waals surface area contributed by atoms with Crippen molar-refractivity contribution in [1.29, 1.82) is 0 Å². The highest BCUT2D eigenvalue weighted by Crippen LogP contribution is 2.29. The quantitative estimate of drug-likeness (QED) is 0.594. The normalized spacial score (nSPS) is 17.2. The summed E-state index contributed by atoms with van der Waals surface area (Å²) in [6.45, 7) is 9.78. The minimum Gasteiger partial charge on any atom is -0.495 e. The molecule has 1 aliphatic heterocycles. The van der Waals surface area contributed by atoms with Crippen LogP contribution in [0.4, 0.5) is 10.5 Å². The number of benzene rings is 1. The van der Waals surface area contributed by atoms with Gasteiger partial charge in [-0.15, -0.1) is 0 Å². The van der Waals surface area contributed by atoms with E-state index in [1.165, 1.54) is 21.0 Å². The number of Topliss-reactive ketones (excluding diaryl/α,β-unsaturated/α-hetero) is 1. The number of methoxy groups -OCH3 is 1. The zero-order chi connectivity index (χ0) is 21.4. The number of amides is 4. The number of rotatable bonds is 5. The van der Waals surface area contributed by atoms with Crippen LogP contribution in [0.15, 0.2) is 18.2 Å². The van der Waals surface area contributed by atoms with Crippen molar-refractivity contribution in [3.63, 3.8) is 0 Å². The van der Waals surface area contributed by atoms with Gasteiger partial charge in [-0.3, -0.25) is 14.4 Å². The third kappa shape index (κ3) is 4.00. The van der Waals surface area contributed by atoms with Crippen molar-refractivity contribution in [1.82, 2.24) is 10.2 Å². The van der Waals surface area contributed by atoms with Gasteiger partial charge in [0, 0.05) is 5.41 Å². The summed E-state index contributed by atoms with van der Waals surface area (Å²) in [7, 11) is 1.46. The van der Waals surface area contributed by atoms with Crippen LogP contribution in [0.3, 0.4) is 0 Å². The van der Waals surface area contributed by atoms with E-state index in [1.807, 2.05) is 13.0 Å². The fraction of sp³-hybridized carbons (Fsp3) is 0.500. The summed E-state index contributed by atoms with van der Waals surface area (Å²) in [5, 5.41) is 5.15. The van der Waals surface area contributed by atoms with Gasteiger partial charge >= 0.3 is 6.03 Å². The topological polar surface area (TPSA) is 105 Å². The number of ketones is 1. The molecule has 0 aliphatic carbocycles. The van der Waals surface area contributed by atoms with E-state index in [1.54, 1.807) is 32.9 Å². The lowest BCUT2D eigenvalue weighted by atomic mass is 9.85. The second-order valence-electron chi connectivity index (χ2n) is 8.44. The SMILES string of the molecule is COc1ccc(C)cc1NC(=O)C(C(=O)C(C)(C)C)N1C(=O)NC(C)(C)C1=O. The molecular weight excluding hydrogens is 362 g/mol. The Hall–Kier alpha value is -2.90. The number of hydrogen-bond donors (Lipinski definition) is 2. The minimum absolute atomic E-state index is 0.352. The lowest BCUT2D eigenvalue weighted by molar-refractivity contribution is -0.144. The fourth-order valence-electron chi connectivity index (χ4n) is 2.89. The number of carbonyl (C=O) groups is 4. The van der Waals surface area contributed by atoms with Crippen molar-refractivity contribution in [2.45, 2.75) is 53.1 Å². The summed E-state index contributed by atoms with van der Waals surface area (Å²) >= 11 is 0. The number of imide groups is 1. The van der Waals surface area contributed by atoms with Crippen LogP contribution in [0, 0.1) is 12.3 Å². The summed E-state index contributed by atoms with van der Waals surface area (Å²) in [6, 6.07) is 2.81. The van der Waals surface area contributed by atoms with E-state index in [9.17, 15) is 19.2 Å². The molecule has 0 aromatic heterocycles. The molecule has 1 heterocycles. The summed E-state index contributed by atoms with van der Waals surface area (Å²) in [5.41, 5.74) is -0.933. The van der Waals surface area contributed by atoms with Crippen LogP contribution in [0.2, 0.25) is 0 Å². The van der Waals surface area contributed by atoms with Gasteiger partial charge in [0.15, 0.2) is 11.8 Å². The largest absolute Gasteiger partial charge is 0.495 e. The number of nitrogens with zero attached hydrogens (tertiary/aromatic N) is 1. The monoisotopic (exact) mass is 389 g/mol. The van der Waals surface area contributed by atoms with Gasteiger partial charge in [0.25, 0.3) is 11.8 Å². The molecule has 0 radical (unpaired) electrons. The van der Waals surface area contributed by atoms with Crippen LogP contribution in [0.5, 0.6) is 5.75 Å². The number of anilines is 1. The highest BCUT2D eigenvalue weighted by Gasteiger charge is 2.53. The average molecular weight is 389 g/mol. The van der Waals surface area contributed by atoms with E-state index in [0.29, 0.717) is 16.3 Å². The number of ether oxygens (including phenoxy) is 1. The van der Waals surface area contributed by atoms with Crippen molar-refractivity contribution in [3.05, 3.63) is 23.8 Å². The van der Waals surface area contributed by atoms with E-state index in [4.69, 9.17) is 4.74 Å². The summed E-state index contributed by atoms with van der Waals surface area (Å²) < 4.78 is 5.25. The van der Waals surface area contributed by atoms with Crippen LogP contribution in [0.1, 0.15) is 40.2 Å². The second-order valence-corrected chi connectivity index (χ2v) is 8.44. The van der Waals surface area contributed by atoms with Gasteiger partial charge in [0.05, 0.1) is 12.8 Å². The molecule has 2 N–H and O–H groups in total. The Bertz CT molecular complexity index is 839. The van der Waals surface area contributed by atoms with Gasteiger partial charge in [0.1, 0.15) is 11.3 Å². The molecule has 8 nitrogen and oxygen atoms in total. The molecule has 4 amide bonds. The van der Waals surface area contributed by atoms with Gasteiger partial charge in [-0.25, -0.2) is 9.69 Å². The molecule has 0 spiro atoms. The third-order valence-electron chi connectivity index (χ3n) is 4.50. The molecule has 1 unspecified atom stereocenters. The zero-order valence-corrected chi connectivity index (χ0v) is 17.3. The van der Waals surface area contributed by atoms with Crippen molar-refractivity contribution >= 4 is 29.3 Å². The molecule has 1 aliphatic rings. The first-order valence-electron chi connectivity index (χ1n) is 8.95. The minimum atomic E-state index is -1.60. The van der Waals surface area contributed by atoms with Crippen molar-refractivity contribution < 1.29 is 23.9 Å². The first-order chi connectivity index (χ1) is 12.8. The molecule has 1 saturated heterocycles. The maximum atomic E-state index is 13.1. The van der Waals surface area contributed by atoms with E-state index in [-0.39, 0.29) is 0 Å². The van der Waals surface area contributed by atoms with Crippen LogP contribution in [-0.2, 0) is 14.4 Å². The Labute approximate surface area is 164 Å². The molecule has 1 aromatic carbocycles. The molecular formula is C20H27N3O5. The van der Waals surface area contributed by atoms with E-state index in [0.717, 1.165) is 5.56 Å². The van der Waals surface area contributed by atoms with E-state index >= 15 is 0 Å². The predicted molar refractivity (Wildman–Crippen MR) is 104 cm³/mol. The summed E-state index contributed by atoms with van der Waals surface area (Å²) in [4.78, 5) is 52.0. The Morgan fingerprint density at radius 2 is 1.82 bits per heavy atom. The summed E-state index contributed by atoms with van der Waals surface area (Å²) in [5.74, 6) is -1.55. The van der Waals surface area contributed by atoms with Crippen LogP contribution < -0.4 is 15.4 Å². The first-order valence-corrected chi connectivity index (χ1v) is 8.95. The fourth-order valence-corrected chi connectivity index (χ4v) is 2.89. The van der Waals surface area contributed by atoms with Crippen molar-refractivity contribution in [2.24, 2.45) is 5.41 Å². The number of aryl methyl sites for hydroxylation is 1. The molecule has 152 valence electrons. The standard InChI is InChI=1S/C20H27N3O5/c1-11-8-9-13(28-7)12(10-11)21-16(25)14(15(24)19(2,3)4)23-17(26)20(5,6)22-18(23)27/h8-10,14H,1-7H3,(H,21,25)(H,22,27). The third-order valence-corrected chi connectivity index (χ3v) is 4.50. The lowest BCUT2D eigenvalue weighted by Gasteiger charge is -2.29. The smallest absolute Gasteiger partial charge is 0.326 e. The number of carbonyl (C=O) groups excluding carboxylic acids is 4. The van der Waals surface area contributed by atoms with Crippen molar-refractivity contribution in [3.8, 4) is 5.75 Å². The summed E-state index contributed by atoms with van der Waals surface area (Å²) in [6.07, 6.45) is 0. The Balaban J connectivity index is 2.47. The maximum Gasteiger partial charge on any atom is 0.326 e. The van der Waals surface area contributed by atoms with Gasteiger partial charge in [-0.05, 0) is 38.5 Å². The zero-order valence-electron chi connectivity index (χ0n) is 17.3. The van der Waals surface area contributed by atoms with Crippen molar-refractivity contribution in [2.75, 3.05) is 12.4 Å². The van der Waals surface area contributed by atoms with Gasteiger partial charge in [-0.2, -0.15) is 0 Å². The Kier molecular flexibility index (Phi) is 5.55. The van der Waals surface area contributed by atoms with Crippen LogP contribution >= 0.6 is 0 Å². The molecule has 1 fully saturated rings. The highest BCUT2D eigenvalue weighted by atomic mass is 16.5. The molecule has 1 aromatic rings. The number of hydrogen-bond acceptors (Lipinski definition) is 5. The van der Waals surface area contributed by atoms with Gasteiger partial charge in [-0.1, -0.05) is 26.8 Å². The molecule has 2 rings (SSSR count). The predicted octanol–water partition coefficient (Wildman–Crippen LogP) is 2.26. The van der Waals surface area contributed by atoms with Gasteiger partial charge in [0.2, 0.25) is 0 Å². The van der Waals surface area contributed by atoms with E-state index in [2.05, 4.69) is 10.6 Å². The molecule has 0 saturated carbocycles. The number of nitrogens with one attached hydrogen (secondary N) is 2. The molecule has 1 atom stereocenters. The van der Waals surface area contributed by atoms with Crippen LogP contribution in [0.25, 0.3) is 0 Å². The highest BCUT2D eigenvalue weighted by molar-refractivity contribution is 6.20. The molecule has 0 bridgehead atoms.